The Kier molecular flexibility index (Phi) is 7.66. The fourth-order valence-electron chi connectivity index (χ4n) is 3.69. The summed E-state index contributed by atoms with van der Waals surface area (Å²) >= 11 is 6.06. The van der Waals surface area contributed by atoms with Crippen LogP contribution in [-0.4, -0.2) is 34.9 Å². The summed E-state index contributed by atoms with van der Waals surface area (Å²) in [5, 5.41) is 7.44. The number of benzene rings is 1. The van der Waals surface area contributed by atoms with Crippen molar-refractivity contribution in [1.82, 2.24) is 10.3 Å². The van der Waals surface area contributed by atoms with Crippen LogP contribution in [0.25, 0.3) is 0 Å². The van der Waals surface area contributed by atoms with E-state index in [1.165, 1.54) is 18.5 Å². The molecule has 1 amide bonds. The van der Waals surface area contributed by atoms with Gasteiger partial charge in [-0.05, 0) is 49.9 Å². The average Bonchev–Trinajstić information content (AvgIpc) is 2.75. The van der Waals surface area contributed by atoms with Gasteiger partial charge in [0.25, 0.3) is 5.91 Å². The Morgan fingerprint density at radius 1 is 1.28 bits per heavy atom. The molecular weight excluding hydrogens is 433 g/mol. The SMILES string of the molecule is NCC1(N/C=C(/C(N)=O)C(N)=Nc2ccnc(F)c2)CCC(Nc2cccc(Cl)c2)CC1. The first-order valence-electron chi connectivity index (χ1n) is 10.3. The third-order valence-corrected chi connectivity index (χ3v) is 5.79. The van der Waals surface area contributed by atoms with E-state index in [2.05, 4.69) is 20.6 Å². The second kappa shape index (κ2) is 10.4. The van der Waals surface area contributed by atoms with E-state index in [0.717, 1.165) is 37.4 Å². The lowest BCUT2D eigenvalue weighted by Crippen LogP contribution is -2.53. The third kappa shape index (κ3) is 6.18. The number of primary amides is 1. The van der Waals surface area contributed by atoms with Crippen molar-refractivity contribution in [2.75, 3.05) is 11.9 Å². The van der Waals surface area contributed by atoms with Gasteiger partial charge in [0, 0.05) is 47.3 Å². The number of nitrogens with two attached hydrogens (primary N) is 3. The number of halogens is 2. The number of nitrogens with zero attached hydrogens (tertiary/aromatic N) is 2. The minimum atomic E-state index is -0.753. The van der Waals surface area contributed by atoms with Crippen LogP contribution in [0.2, 0.25) is 5.02 Å². The number of hydrogen-bond acceptors (Lipinski definition) is 6. The van der Waals surface area contributed by atoms with E-state index in [0.29, 0.717) is 11.6 Å². The van der Waals surface area contributed by atoms with Crippen molar-refractivity contribution < 1.29 is 9.18 Å². The molecule has 170 valence electrons. The molecule has 1 aliphatic carbocycles. The number of carbonyl (C=O) groups excluding carboxylic acids is 1. The summed E-state index contributed by atoms with van der Waals surface area (Å²) in [7, 11) is 0. The number of amides is 1. The molecule has 2 aromatic rings. The van der Waals surface area contributed by atoms with Crippen molar-refractivity contribution in [3.63, 3.8) is 0 Å². The number of carbonyl (C=O) groups is 1. The molecule has 8 nitrogen and oxygen atoms in total. The Labute approximate surface area is 191 Å². The van der Waals surface area contributed by atoms with Crippen LogP contribution >= 0.6 is 11.6 Å². The number of nitrogens with one attached hydrogen (secondary N) is 2. The van der Waals surface area contributed by atoms with Gasteiger partial charge in [0.1, 0.15) is 5.84 Å². The number of pyridine rings is 1. The van der Waals surface area contributed by atoms with Crippen LogP contribution in [0.5, 0.6) is 0 Å². The van der Waals surface area contributed by atoms with Crippen LogP contribution < -0.4 is 27.8 Å². The van der Waals surface area contributed by atoms with Crippen molar-refractivity contribution in [3.05, 3.63) is 65.3 Å². The van der Waals surface area contributed by atoms with Crippen molar-refractivity contribution in [3.8, 4) is 0 Å². The lowest BCUT2D eigenvalue weighted by atomic mass is 9.79. The molecule has 1 aromatic carbocycles. The highest BCUT2D eigenvalue weighted by atomic mass is 35.5. The highest BCUT2D eigenvalue weighted by Crippen LogP contribution is 2.30. The molecular formula is C22H27ClFN7O. The molecule has 1 heterocycles. The van der Waals surface area contributed by atoms with E-state index >= 15 is 0 Å². The van der Waals surface area contributed by atoms with Crippen molar-refractivity contribution >= 4 is 34.7 Å². The van der Waals surface area contributed by atoms with Gasteiger partial charge >= 0.3 is 0 Å². The first-order chi connectivity index (χ1) is 15.3. The monoisotopic (exact) mass is 459 g/mol. The summed E-state index contributed by atoms with van der Waals surface area (Å²) < 4.78 is 13.3. The smallest absolute Gasteiger partial charge is 0.253 e. The van der Waals surface area contributed by atoms with Gasteiger partial charge in [-0.3, -0.25) is 4.79 Å². The molecule has 0 atom stereocenters. The second-order valence-electron chi connectivity index (χ2n) is 7.81. The predicted octanol–water partition coefficient (Wildman–Crippen LogP) is 2.57. The Morgan fingerprint density at radius 2 is 2.03 bits per heavy atom. The van der Waals surface area contributed by atoms with Crippen LogP contribution in [-0.2, 0) is 4.79 Å². The lowest BCUT2D eigenvalue weighted by molar-refractivity contribution is -0.114. The number of aromatic nitrogens is 1. The lowest BCUT2D eigenvalue weighted by Gasteiger charge is -2.40. The van der Waals surface area contributed by atoms with Crippen LogP contribution in [0.15, 0.2) is 59.4 Å². The van der Waals surface area contributed by atoms with Crippen LogP contribution in [0.4, 0.5) is 15.8 Å². The van der Waals surface area contributed by atoms with Gasteiger partial charge in [0.2, 0.25) is 5.95 Å². The molecule has 1 aromatic heterocycles. The van der Waals surface area contributed by atoms with Crippen molar-refractivity contribution in [2.45, 2.75) is 37.3 Å². The summed E-state index contributed by atoms with van der Waals surface area (Å²) in [5.74, 6) is -1.58. The number of anilines is 1. The summed E-state index contributed by atoms with van der Waals surface area (Å²) in [6.07, 6.45) is 6.00. The van der Waals surface area contributed by atoms with E-state index in [-0.39, 0.29) is 23.1 Å². The molecule has 0 unspecified atom stereocenters. The number of aliphatic imine (C=N–C) groups is 1. The maximum Gasteiger partial charge on any atom is 0.253 e. The van der Waals surface area contributed by atoms with E-state index < -0.39 is 17.4 Å². The molecule has 1 saturated carbocycles. The average molecular weight is 460 g/mol. The zero-order valence-corrected chi connectivity index (χ0v) is 18.3. The van der Waals surface area contributed by atoms with Gasteiger partial charge in [-0.15, -0.1) is 0 Å². The van der Waals surface area contributed by atoms with Gasteiger partial charge in [-0.25, -0.2) is 9.98 Å². The minimum absolute atomic E-state index is 0.00535. The molecule has 0 radical (unpaired) electrons. The van der Waals surface area contributed by atoms with E-state index in [1.54, 1.807) is 0 Å². The molecule has 1 fully saturated rings. The van der Waals surface area contributed by atoms with Crippen molar-refractivity contribution in [2.24, 2.45) is 22.2 Å². The fourth-order valence-corrected chi connectivity index (χ4v) is 3.88. The Bertz CT molecular complexity index is 1020. The molecule has 0 bridgehead atoms. The van der Waals surface area contributed by atoms with E-state index in [1.807, 2.05) is 24.3 Å². The van der Waals surface area contributed by atoms with Gasteiger partial charge in [0.05, 0.1) is 11.3 Å². The molecule has 32 heavy (non-hydrogen) atoms. The summed E-state index contributed by atoms with van der Waals surface area (Å²) in [5.41, 5.74) is 18.3. The first kappa shape index (κ1) is 23.5. The highest BCUT2D eigenvalue weighted by Gasteiger charge is 2.33. The third-order valence-electron chi connectivity index (χ3n) is 5.55. The quantitative estimate of drug-likeness (QED) is 0.177. The molecule has 3 rings (SSSR count). The first-order valence-corrected chi connectivity index (χ1v) is 10.6. The zero-order chi connectivity index (χ0) is 23.1. The Morgan fingerprint density at radius 3 is 2.66 bits per heavy atom. The van der Waals surface area contributed by atoms with Gasteiger partial charge < -0.3 is 27.8 Å². The Balaban J connectivity index is 1.68. The van der Waals surface area contributed by atoms with E-state index in [9.17, 15) is 9.18 Å². The van der Waals surface area contributed by atoms with Gasteiger partial charge in [0.15, 0.2) is 0 Å². The number of hydrogen-bond donors (Lipinski definition) is 5. The number of amidine groups is 1. The second-order valence-corrected chi connectivity index (χ2v) is 8.25. The predicted molar refractivity (Wildman–Crippen MR) is 125 cm³/mol. The topological polar surface area (TPSA) is 144 Å². The van der Waals surface area contributed by atoms with Gasteiger partial charge in [-0.1, -0.05) is 17.7 Å². The van der Waals surface area contributed by atoms with Crippen LogP contribution in [0, 0.1) is 5.95 Å². The normalized spacial score (nSPS) is 21.8. The number of rotatable bonds is 8. The molecule has 1 aliphatic rings. The summed E-state index contributed by atoms with van der Waals surface area (Å²) in [4.78, 5) is 19.5. The fraction of sp³-hybridized carbons (Fsp3) is 0.318. The molecule has 0 aliphatic heterocycles. The highest BCUT2D eigenvalue weighted by molar-refractivity contribution is 6.30. The summed E-state index contributed by atoms with van der Waals surface area (Å²) in [6, 6.07) is 10.5. The molecule has 0 saturated heterocycles. The van der Waals surface area contributed by atoms with Crippen LogP contribution in [0.1, 0.15) is 25.7 Å². The standard InChI is InChI=1S/C22H27ClFN7O/c23-14-2-1-3-16(10-14)30-15-4-7-22(13-25,8-5-15)29-12-18(21(27)32)20(26)31-17-6-9-28-19(24)11-17/h1-3,6,9-12,15,29-30H,4-5,7-8,13,25H2,(H2,27,32)(H2,26,28,31)/b18-12+. The van der Waals surface area contributed by atoms with Crippen molar-refractivity contribution in [1.29, 1.82) is 0 Å². The largest absolute Gasteiger partial charge is 0.383 e. The maximum absolute atomic E-state index is 13.3. The van der Waals surface area contributed by atoms with Gasteiger partial charge in [-0.2, -0.15) is 4.39 Å². The molecule has 10 heteroatoms. The maximum atomic E-state index is 13.3. The van der Waals surface area contributed by atoms with Crippen LogP contribution in [0.3, 0.4) is 0 Å². The molecule has 0 spiro atoms. The summed E-state index contributed by atoms with van der Waals surface area (Å²) in [6.45, 7) is 0.367. The van der Waals surface area contributed by atoms with E-state index in [4.69, 9.17) is 28.8 Å². The molecule has 8 N–H and O–H groups in total. The zero-order valence-electron chi connectivity index (χ0n) is 17.5. The minimum Gasteiger partial charge on any atom is -0.383 e. The Hall–Kier alpha value is -3.17.